The molecule has 2 aromatic carbocycles. The Balaban J connectivity index is 0.00000242. The van der Waals surface area contributed by atoms with E-state index >= 15 is 0 Å². The molecule has 0 radical (unpaired) electrons. The zero-order valence-corrected chi connectivity index (χ0v) is 14.4. The Bertz CT molecular complexity index is 560. The van der Waals surface area contributed by atoms with Crippen molar-refractivity contribution in [3.63, 3.8) is 0 Å². The molecule has 2 aromatic rings. The quantitative estimate of drug-likeness (QED) is 0.664. The summed E-state index contributed by atoms with van der Waals surface area (Å²) in [6.45, 7) is 4.56. The van der Waals surface area contributed by atoms with Crippen LogP contribution in [-0.4, -0.2) is 6.54 Å². The summed E-state index contributed by atoms with van der Waals surface area (Å²) in [7, 11) is 0. The van der Waals surface area contributed by atoms with Crippen molar-refractivity contribution < 1.29 is 4.74 Å². The lowest BCUT2D eigenvalue weighted by molar-refractivity contribution is 0.302. The monoisotopic (exact) mass is 339 g/mol. The summed E-state index contributed by atoms with van der Waals surface area (Å²) in [5.41, 5.74) is 2.19. The maximum Gasteiger partial charge on any atom is 0.124 e. The van der Waals surface area contributed by atoms with Crippen molar-refractivity contribution in [3.05, 3.63) is 64.7 Å². The number of hydrogen-bond donors (Lipinski definition) is 1. The lowest BCUT2D eigenvalue weighted by Gasteiger charge is -2.13. The fraction of sp³-hybridized carbons (Fsp3) is 0.333. The number of para-hydroxylation sites is 1. The zero-order valence-electron chi connectivity index (χ0n) is 12.8. The molecule has 0 saturated carbocycles. The highest BCUT2D eigenvalue weighted by Crippen LogP contribution is 2.21. The first kappa shape index (κ1) is 18.8. The van der Waals surface area contributed by atoms with E-state index in [4.69, 9.17) is 16.3 Å². The summed E-state index contributed by atoms with van der Waals surface area (Å²) in [6, 6.07) is 15.9. The molecule has 0 amide bonds. The molecule has 2 rings (SSSR count). The van der Waals surface area contributed by atoms with Gasteiger partial charge in [0, 0.05) is 22.7 Å². The van der Waals surface area contributed by atoms with E-state index in [-0.39, 0.29) is 12.4 Å². The standard InChI is InChI=1S/C18H22ClNO.ClH/c1-2-3-12-20-13-15-8-5-7-11-18(15)21-14-16-9-4-6-10-17(16)19;/h4-11,20H,2-3,12-14H2,1H3;1H. The van der Waals surface area contributed by atoms with Gasteiger partial charge in [-0.3, -0.25) is 0 Å². The lowest BCUT2D eigenvalue weighted by Crippen LogP contribution is -2.15. The normalized spacial score (nSPS) is 10.1. The van der Waals surface area contributed by atoms with Crippen molar-refractivity contribution in [2.24, 2.45) is 0 Å². The zero-order chi connectivity index (χ0) is 14.9. The average Bonchev–Trinajstić information content (AvgIpc) is 2.52. The molecular formula is C18H23Cl2NO. The molecule has 0 aliphatic heterocycles. The average molecular weight is 340 g/mol. The van der Waals surface area contributed by atoms with Crippen molar-refractivity contribution >= 4 is 24.0 Å². The van der Waals surface area contributed by atoms with Crippen LogP contribution >= 0.6 is 24.0 Å². The molecule has 0 heterocycles. The smallest absolute Gasteiger partial charge is 0.124 e. The number of unbranched alkanes of at least 4 members (excludes halogenated alkanes) is 1. The van der Waals surface area contributed by atoms with E-state index in [2.05, 4.69) is 18.3 Å². The summed E-state index contributed by atoms with van der Waals surface area (Å²) in [6.07, 6.45) is 2.40. The minimum Gasteiger partial charge on any atom is -0.489 e. The topological polar surface area (TPSA) is 21.3 Å². The summed E-state index contributed by atoms with van der Waals surface area (Å²) >= 11 is 6.16. The third-order valence-corrected chi connectivity index (χ3v) is 3.70. The Hall–Kier alpha value is -1.22. The molecule has 0 aromatic heterocycles. The van der Waals surface area contributed by atoms with Crippen LogP contribution in [0.2, 0.25) is 5.02 Å². The Morgan fingerprint density at radius 2 is 1.68 bits per heavy atom. The van der Waals surface area contributed by atoms with Gasteiger partial charge in [0.2, 0.25) is 0 Å². The van der Waals surface area contributed by atoms with Gasteiger partial charge >= 0.3 is 0 Å². The maximum absolute atomic E-state index is 6.16. The second-order valence-electron chi connectivity index (χ2n) is 5.02. The van der Waals surface area contributed by atoms with Gasteiger partial charge in [0.1, 0.15) is 12.4 Å². The Labute approximate surface area is 144 Å². The van der Waals surface area contributed by atoms with Gasteiger partial charge in [-0.25, -0.2) is 0 Å². The van der Waals surface area contributed by atoms with Gasteiger partial charge in [-0.05, 0) is 25.1 Å². The van der Waals surface area contributed by atoms with E-state index in [1.807, 2.05) is 42.5 Å². The third-order valence-electron chi connectivity index (χ3n) is 3.34. The van der Waals surface area contributed by atoms with Crippen LogP contribution in [0.4, 0.5) is 0 Å². The van der Waals surface area contributed by atoms with E-state index < -0.39 is 0 Å². The molecule has 0 aliphatic rings. The van der Waals surface area contributed by atoms with Crippen molar-refractivity contribution in [1.82, 2.24) is 5.32 Å². The largest absolute Gasteiger partial charge is 0.489 e. The molecule has 0 saturated heterocycles. The Kier molecular flexibility index (Phi) is 8.98. The molecule has 0 unspecified atom stereocenters. The molecule has 0 aliphatic carbocycles. The fourth-order valence-electron chi connectivity index (χ4n) is 2.09. The first-order valence-corrected chi connectivity index (χ1v) is 7.84. The van der Waals surface area contributed by atoms with Gasteiger partial charge in [-0.1, -0.05) is 61.3 Å². The van der Waals surface area contributed by atoms with Crippen LogP contribution in [-0.2, 0) is 13.2 Å². The minimum atomic E-state index is 0. The molecule has 0 fully saturated rings. The number of hydrogen-bond acceptors (Lipinski definition) is 2. The van der Waals surface area contributed by atoms with Gasteiger partial charge in [0.25, 0.3) is 0 Å². The number of rotatable bonds is 8. The first-order valence-electron chi connectivity index (χ1n) is 7.46. The van der Waals surface area contributed by atoms with Crippen molar-refractivity contribution in [2.75, 3.05) is 6.54 Å². The number of benzene rings is 2. The van der Waals surface area contributed by atoms with Crippen LogP contribution in [0.3, 0.4) is 0 Å². The van der Waals surface area contributed by atoms with Gasteiger partial charge in [-0.15, -0.1) is 12.4 Å². The molecule has 0 atom stereocenters. The van der Waals surface area contributed by atoms with Crippen LogP contribution in [0.1, 0.15) is 30.9 Å². The summed E-state index contributed by atoms with van der Waals surface area (Å²) in [5.74, 6) is 0.918. The summed E-state index contributed by atoms with van der Waals surface area (Å²) in [4.78, 5) is 0. The van der Waals surface area contributed by atoms with Crippen molar-refractivity contribution in [2.45, 2.75) is 32.9 Å². The van der Waals surface area contributed by atoms with E-state index in [9.17, 15) is 0 Å². The second-order valence-corrected chi connectivity index (χ2v) is 5.43. The highest BCUT2D eigenvalue weighted by Gasteiger charge is 2.04. The SMILES string of the molecule is CCCCNCc1ccccc1OCc1ccccc1Cl.Cl. The van der Waals surface area contributed by atoms with Gasteiger partial charge in [0.05, 0.1) is 0 Å². The van der Waals surface area contributed by atoms with Crippen LogP contribution in [0.15, 0.2) is 48.5 Å². The van der Waals surface area contributed by atoms with E-state index in [1.165, 1.54) is 18.4 Å². The molecule has 4 heteroatoms. The van der Waals surface area contributed by atoms with E-state index in [0.717, 1.165) is 29.4 Å². The number of nitrogens with one attached hydrogen (secondary N) is 1. The number of halogens is 2. The van der Waals surface area contributed by atoms with Crippen LogP contribution in [0, 0.1) is 0 Å². The van der Waals surface area contributed by atoms with E-state index in [1.54, 1.807) is 0 Å². The van der Waals surface area contributed by atoms with Crippen LogP contribution in [0.25, 0.3) is 0 Å². The lowest BCUT2D eigenvalue weighted by atomic mass is 10.2. The van der Waals surface area contributed by atoms with Gasteiger partial charge < -0.3 is 10.1 Å². The van der Waals surface area contributed by atoms with E-state index in [0.29, 0.717) is 6.61 Å². The Morgan fingerprint density at radius 3 is 2.41 bits per heavy atom. The summed E-state index contributed by atoms with van der Waals surface area (Å²) < 4.78 is 5.94. The van der Waals surface area contributed by atoms with Crippen molar-refractivity contribution in [1.29, 1.82) is 0 Å². The van der Waals surface area contributed by atoms with Gasteiger partial charge in [0.15, 0.2) is 0 Å². The highest BCUT2D eigenvalue weighted by atomic mass is 35.5. The fourth-order valence-corrected chi connectivity index (χ4v) is 2.28. The molecule has 22 heavy (non-hydrogen) atoms. The third kappa shape index (κ3) is 5.88. The molecule has 1 N–H and O–H groups in total. The molecule has 2 nitrogen and oxygen atoms in total. The first-order chi connectivity index (χ1) is 10.3. The second kappa shape index (κ2) is 10.5. The number of ether oxygens (including phenoxy) is 1. The molecule has 120 valence electrons. The van der Waals surface area contributed by atoms with Crippen LogP contribution < -0.4 is 10.1 Å². The van der Waals surface area contributed by atoms with Gasteiger partial charge in [-0.2, -0.15) is 0 Å². The molecule has 0 bridgehead atoms. The predicted molar refractivity (Wildman–Crippen MR) is 96.1 cm³/mol. The molecule has 0 spiro atoms. The predicted octanol–water partition coefficient (Wildman–Crippen LogP) is 5.23. The van der Waals surface area contributed by atoms with Crippen molar-refractivity contribution in [3.8, 4) is 5.75 Å². The Morgan fingerprint density at radius 1 is 1.00 bits per heavy atom. The van der Waals surface area contributed by atoms with Crippen LogP contribution in [0.5, 0.6) is 5.75 Å². The maximum atomic E-state index is 6.16. The summed E-state index contributed by atoms with van der Waals surface area (Å²) in [5, 5.41) is 4.19. The molecular weight excluding hydrogens is 317 g/mol. The highest BCUT2D eigenvalue weighted by molar-refractivity contribution is 6.31. The minimum absolute atomic E-state index is 0.